The molecule has 1 aromatic rings. The molecule has 0 bridgehead atoms. The van der Waals surface area contributed by atoms with Crippen LogP contribution in [0.1, 0.15) is 37.7 Å². The average molecular weight is 194 g/mol. The van der Waals surface area contributed by atoms with Crippen molar-refractivity contribution in [2.45, 2.75) is 32.6 Å². The van der Waals surface area contributed by atoms with E-state index in [1.54, 1.807) is 13.1 Å². The molecule has 0 saturated carbocycles. The van der Waals surface area contributed by atoms with Crippen molar-refractivity contribution < 1.29 is 9.90 Å². The first-order chi connectivity index (χ1) is 6.65. The Morgan fingerprint density at radius 3 is 2.93 bits per heavy atom. The highest BCUT2D eigenvalue weighted by molar-refractivity contribution is 5.74. The molecule has 1 aromatic heterocycles. The van der Waals surface area contributed by atoms with Crippen LogP contribution in [0, 0.1) is 0 Å². The Bertz CT molecular complexity index is 326. The highest BCUT2D eigenvalue weighted by Gasteiger charge is 2.16. The van der Waals surface area contributed by atoms with Gasteiger partial charge in [-0.2, -0.15) is 0 Å². The topological polar surface area (TPSA) is 63.1 Å². The number of nitrogens with zero attached hydrogens (tertiary/aromatic N) is 2. The third kappa shape index (κ3) is 2.52. The number of hydrogen-bond donors (Lipinski definition) is 1. The van der Waals surface area contributed by atoms with E-state index in [0.717, 1.165) is 18.5 Å². The van der Waals surface area contributed by atoms with Crippen molar-refractivity contribution in [3.8, 4) is 0 Å². The van der Waals surface area contributed by atoms with Crippen LogP contribution in [0.2, 0.25) is 0 Å². The fraction of sp³-hybridized carbons (Fsp3) is 0.500. The van der Waals surface area contributed by atoms with Crippen LogP contribution in [0.3, 0.4) is 0 Å². The van der Waals surface area contributed by atoms with Crippen molar-refractivity contribution in [3.63, 3.8) is 0 Å². The van der Waals surface area contributed by atoms with Crippen LogP contribution in [0.4, 0.5) is 0 Å². The minimum Gasteiger partial charge on any atom is -0.481 e. The van der Waals surface area contributed by atoms with Gasteiger partial charge in [0, 0.05) is 11.9 Å². The summed E-state index contributed by atoms with van der Waals surface area (Å²) in [5.41, 5.74) is 0.908. The van der Waals surface area contributed by atoms with E-state index >= 15 is 0 Å². The van der Waals surface area contributed by atoms with Gasteiger partial charge in [0.25, 0.3) is 0 Å². The van der Waals surface area contributed by atoms with Gasteiger partial charge in [-0.15, -0.1) is 0 Å². The molecular formula is C10H14N2O2. The van der Waals surface area contributed by atoms with E-state index in [2.05, 4.69) is 16.9 Å². The van der Waals surface area contributed by atoms with E-state index in [9.17, 15) is 4.79 Å². The molecule has 0 amide bonds. The van der Waals surface area contributed by atoms with Crippen molar-refractivity contribution in [2.24, 2.45) is 0 Å². The zero-order chi connectivity index (χ0) is 10.6. The fourth-order valence-electron chi connectivity index (χ4n) is 1.13. The Kier molecular flexibility index (Phi) is 3.56. The maximum Gasteiger partial charge on any atom is 0.313 e. The predicted molar refractivity (Wildman–Crippen MR) is 52.1 cm³/mol. The lowest BCUT2D eigenvalue weighted by molar-refractivity contribution is -0.138. The van der Waals surface area contributed by atoms with Crippen molar-refractivity contribution in [2.75, 3.05) is 0 Å². The molecule has 0 aliphatic carbocycles. The lowest BCUT2D eigenvalue weighted by Crippen LogP contribution is -2.12. The fourth-order valence-corrected chi connectivity index (χ4v) is 1.13. The molecule has 4 nitrogen and oxygen atoms in total. The number of hydrogen-bond acceptors (Lipinski definition) is 3. The second kappa shape index (κ2) is 4.69. The number of aliphatic carboxylic acids is 1. The van der Waals surface area contributed by atoms with Gasteiger partial charge in [-0.3, -0.25) is 4.79 Å². The number of aryl methyl sites for hydroxylation is 1. The average Bonchev–Trinajstić information content (AvgIpc) is 2.17. The Morgan fingerprint density at radius 1 is 1.64 bits per heavy atom. The maximum absolute atomic E-state index is 10.7. The molecule has 1 rings (SSSR count). The Morgan fingerprint density at radius 2 is 2.36 bits per heavy atom. The second-order valence-electron chi connectivity index (χ2n) is 3.22. The number of carboxylic acids is 1. The molecule has 0 aliphatic rings. The normalized spacial score (nSPS) is 12.4. The first-order valence-electron chi connectivity index (χ1n) is 4.69. The molecule has 1 heterocycles. The third-order valence-corrected chi connectivity index (χ3v) is 2.00. The number of carbonyl (C=O) groups is 1. The van der Waals surface area contributed by atoms with Crippen molar-refractivity contribution in [1.82, 2.24) is 9.97 Å². The van der Waals surface area contributed by atoms with Crippen LogP contribution in [-0.2, 0) is 11.2 Å². The van der Waals surface area contributed by atoms with E-state index < -0.39 is 11.9 Å². The van der Waals surface area contributed by atoms with Crippen LogP contribution in [0.5, 0.6) is 0 Å². The SMILES string of the molecule is CCCc1ccnc(C(C)C(=O)O)n1. The van der Waals surface area contributed by atoms with Gasteiger partial charge in [0.15, 0.2) is 0 Å². The molecule has 1 N–H and O–H groups in total. The van der Waals surface area contributed by atoms with Crippen LogP contribution in [0.25, 0.3) is 0 Å². The summed E-state index contributed by atoms with van der Waals surface area (Å²) in [5, 5.41) is 8.78. The van der Waals surface area contributed by atoms with Crippen LogP contribution in [-0.4, -0.2) is 21.0 Å². The molecule has 0 radical (unpaired) electrons. The Labute approximate surface area is 83.0 Å². The minimum absolute atomic E-state index is 0.392. The summed E-state index contributed by atoms with van der Waals surface area (Å²) in [6.45, 7) is 3.65. The zero-order valence-corrected chi connectivity index (χ0v) is 8.40. The largest absolute Gasteiger partial charge is 0.481 e. The van der Waals surface area contributed by atoms with Crippen LogP contribution in [0.15, 0.2) is 12.3 Å². The van der Waals surface area contributed by atoms with Gasteiger partial charge in [0.2, 0.25) is 0 Å². The highest BCUT2D eigenvalue weighted by atomic mass is 16.4. The number of rotatable bonds is 4. The van der Waals surface area contributed by atoms with Gasteiger partial charge < -0.3 is 5.11 Å². The summed E-state index contributed by atoms with van der Waals surface area (Å²) in [6.07, 6.45) is 3.48. The van der Waals surface area contributed by atoms with Crippen LogP contribution >= 0.6 is 0 Å². The van der Waals surface area contributed by atoms with Gasteiger partial charge >= 0.3 is 5.97 Å². The van der Waals surface area contributed by atoms with E-state index in [-0.39, 0.29) is 0 Å². The molecule has 0 fully saturated rings. The Hall–Kier alpha value is -1.45. The lowest BCUT2D eigenvalue weighted by Gasteiger charge is -2.05. The maximum atomic E-state index is 10.7. The quantitative estimate of drug-likeness (QED) is 0.791. The molecule has 1 unspecified atom stereocenters. The molecule has 0 aliphatic heterocycles. The Balaban J connectivity index is 2.87. The molecule has 4 heteroatoms. The summed E-state index contributed by atoms with van der Waals surface area (Å²) < 4.78 is 0. The van der Waals surface area contributed by atoms with Crippen LogP contribution < -0.4 is 0 Å². The molecule has 0 spiro atoms. The molecule has 0 saturated heterocycles. The first-order valence-corrected chi connectivity index (χ1v) is 4.69. The summed E-state index contributed by atoms with van der Waals surface area (Å²) in [7, 11) is 0. The zero-order valence-electron chi connectivity index (χ0n) is 8.40. The molecule has 14 heavy (non-hydrogen) atoms. The van der Waals surface area contributed by atoms with Gasteiger partial charge in [-0.05, 0) is 19.4 Å². The standard InChI is InChI=1S/C10H14N2O2/c1-3-4-8-5-6-11-9(12-8)7(2)10(13)14/h5-7H,3-4H2,1-2H3,(H,13,14). The molecular weight excluding hydrogens is 180 g/mol. The van der Waals surface area contributed by atoms with Crippen molar-refractivity contribution >= 4 is 5.97 Å². The van der Waals surface area contributed by atoms with E-state index in [4.69, 9.17) is 5.11 Å². The molecule has 1 atom stereocenters. The third-order valence-electron chi connectivity index (χ3n) is 2.00. The van der Waals surface area contributed by atoms with E-state index in [1.807, 2.05) is 6.07 Å². The van der Waals surface area contributed by atoms with Crippen molar-refractivity contribution in [3.05, 3.63) is 23.8 Å². The number of aromatic nitrogens is 2. The number of carboxylic acid groups (broad SMARTS) is 1. The smallest absolute Gasteiger partial charge is 0.313 e. The van der Waals surface area contributed by atoms with Gasteiger partial charge in [0.05, 0.1) is 0 Å². The molecule has 0 aromatic carbocycles. The second-order valence-corrected chi connectivity index (χ2v) is 3.22. The van der Waals surface area contributed by atoms with Crippen molar-refractivity contribution in [1.29, 1.82) is 0 Å². The summed E-state index contributed by atoms with van der Waals surface area (Å²) in [5.74, 6) is -1.13. The monoisotopic (exact) mass is 194 g/mol. The predicted octanol–water partition coefficient (Wildman–Crippen LogP) is 1.62. The summed E-state index contributed by atoms with van der Waals surface area (Å²) in [4.78, 5) is 18.8. The highest BCUT2D eigenvalue weighted by Crippen LogP contribution is 2.10. The van der Waals surface area contributed by atoms with Gasteiger partial charge in [-0.25, -0.2) is 9.97 Å². The van der Waals surface area contributed by atoms with Gasteiger partial charge in [-0.1, -0.05) is 13.3 Å². The van der Waals surface area contributed by atoms with Gasteiger partial charge in [0.1, 0.15) is 11.7 Å². The summed E-state index contributed by atoms with van der Waals surface area (Å²) >= 11 is 0. The lowest BCUT2D eigenvalue weighted by atomic mass is 10.1. The van der Waals surface area contributed by atoms with E-state index in [1.165, 1.54) is 0 Å². The minimum atomic E-state index is -0.890. The summed E-state index contributed by atoms with van der Waals surface area (Å²) in [6, 6.07) is 1.82. The first kappa shape index (κ1) is 10.6. The molecule has 76 valence electrons. The van der Waals surface area contributed by atoms with E-state index in [0.29, 0.717) is 5.82 Å².